The fourth-order valence-corrected chi connectivity index (χ4v) is 2.82. The van der Waals surface area contributed by atoms with E-state index in [2.05, 4.69) is 0 Å². The van der Waals surface area contributed by atoms with Crippen molar-refractivity contribution in [3.63, 3.8) is 0 Å². The van der Waals surface area contributed by atoms with Crippen molar-refractivity contribution in [3.8, 4) is 5.75 Å². The number of carbonyl (C=O) groups excluding carboxylic acids is 1. The number of hydrogen-bond donors (Lipinski definition) is 0. The van der Waals surface area contributed by atoms with E-state index in [1.165, 1.54) is 13.2 Å². The van der Waals surface area contributed by atoms with Gasteiger partial charge in [0, 0.05) is 6.42 Å². The lowest BCUT2D eigenvalue weighted by atomic mass is 10.0. The monoisotopic (exact) mass is 346 g/mol. The van der Waals surface area contributed by atoms with Gasteiger partial charge in [-0.15, -0.1) is 0 Å². The third kappa shape index (κ3) is 4.63. The topological polar surface area (TPSA) is 44.8 Å². The number of benzene rings is 1. The van der Waals surface area contributed by atoms with Gasteiger partial charge in [0.15, 0.2) is 0 Å². The van der Waals surface area contributed by atoms with Crippen molar-refractivity contribution in [2.75, 3.05) is 13.7 Å². The summed E-state index contributed by atoms with van der Waals surface area (Å²) in [6, 6.07) is 3.98. The molecule has 0 aromatic heterocycles. The van der Waals surface area contributed by atoms with E-state index in [1.54, 1.807) is 13.0 Å². The predicted molar refractivity (Wildman–Crippen MR) is 80.7 cm³/mol. The fraction of sp³-hybridized carbons (Fsp3) is 0.588. The van der Waals surface area contributed by atoms with Gasteiger partial charge in [-0.25, -0.2) is 0 Å². The number of esters is 1. The molecular weight excluding hydrogens is 325 g/mol. The predicted octanol–water partition coefficient (Wildman–Crippen LogP) is 4.28. The number of alkyl halides is 3. The molecule has 0 spiro atoms. The van der Waals surface area contributed by atoms with Crippen LogP contribution in [0.15, 0.2) is 18.2 Å². The van der Waals surface area contributed by atoms with Crippen LogP contribution in [-0.4, -0.2) is 25.8 Å². The van der Waals surface area contributed by atoms with Crippen molar-refractivity contribution < 1.29 is 32.2 Å². The molecule has 0 saturated carbocycles. The smallest absolute Gasteiger partial charge is 0.419 e. The van der Waals surface area contributed by atoms with Crippen LogP contribution in [0.1, 0.15) is 49.8 Å². The maximum atomic E-state index is 13.1. The van der Waals surface area contributed by atoms with E-state index >= 15 is 0 Å². The van der Waals surface area contributed by atoms with Crippen molar-refractivity contribution in [2.45, 2.75) is 51.0 Å². The molecule has 7 heteroatoms. The van der Waals surface area contributed by atoms with Gasteiger partial charge in [-0.05, 0) is 43.9 Å². The Morgan fingerprint density at radius 3 is 2.71 bits per heavy atom. The van der Waals surface area contributed by atoms with E-state index in [-0.39, 0.29) is 24.2 Å². The van der Waals surface area contributed by atoms with Crippen LogP contribution in [0.3, 0.4) is 0 Å². The van der Waals surface area contributed by atoms with Crippen molar-refractivity contribution in [1.29, 1.82) is 0 Å². The van der Waals surface area contributed by atoms with Gasteiger partial charge in [0.2, 0.25) is 0 Å². The summed E-state index contributed by atoms with van der Waals surface area (Å²) in [4.78, 5) is 11.4. The van der Waals surface area contributed by atoms with Crippen molar-refractivity contribution >= 4 is 5.97 Å². The van der Waals surface area contributed by atoms with E-state index in [0.717, 1.165) is 6.07 Å². The second-order valence-electron chi connectivity index (χ2n) is 5.63. The summed E-state index contributed by atoms with van der Waals surface area (Å²) in [5, 5.41) is 0. The third-order valence-electron chi connectivity index (χ3n) is 3.98. The number of ether oxygens (including phenoxy) is 3. The molecule has 1 aliphatic heterocycles. The highest BCUT2D eigenvalue weighted by Crippen LogP contribution is 2.41. The van der Waals surface area contributed by atoms with E-state index < -0.39 is 17.8 Å². The normalized spacial score (nSPS) is 20.9. The van der Waals surface area contributed by atoms with E-state index in [0.29, 0.717) is 31.4 Å². The van der Waals surface area contributed by atoms with Crippen LogP contribution in [0.5, 0.6) is 5.75 Å². The minimum absolute atomic E-state index is 0.143. The molecule has 0 bridgehead atoms. The fourth-order valence-electron chi connectivity index (χ4n) is 2.82. The zero-order chi connectivity index (χ0) is 17.7. The summed E-state index contributed by atoms with van der Waals surface area (Å²) in [6.07, 6.45) is -2.93. The second kappa shape index (κ2) is 7.88. The lowest BCUT2D eigenvalue weighted by Crippen LogP contribution is -2.12. The maximum Gasteiger partial charge on any atom is 0.419 e. The molecule has 0 N–H and O–H groups in total. The molecule has 2 atom stereocenters. The van der Waals surface area contributed by atoms with E-state index in [1.807, 2.05) is 0 Å². The highest BCUT2D eigenvalue weighted by Gasteiger charge is 2.36. The minimum atomic E-state index is -4.48. The van der Waals surface area contributed by atoms with Gasteiger partial charge in [0.25, 0.3) is 0 Å². The zero-order valence-electron chi connectivity index (χ0n) is 13.7. The number of rotatable bonds is 6. The van der Waals surface area contributed by atoms with Crippen LogP contribution in [0.4, 0.5) is 13.2 Å². The standard InChI is InChI=1S/C17H21F3O4/c1-3-23-16(21)9-6-12-5-8-14(24-12)11-4-7-15(22-2)13(10-11)17(18,19)20/h4,7,10,12,14H,3,5-6,8-9H2,1-2H3. The molecule has 1 aromatic rings. The summed E-state index contributed by atoms with van der Waals surface area (Å²) < 4.78 is 54.7. The first-order chi connectivity index (χ1) is 11.3. The summed E-state index contributed by atoms with van der Waals surface area (Å²) in [7, 11) is 1.21. The number of carbonyl (C=O) groups is 1. The van der Waals surface area contributed by atoms with Crippen LogP contribution >= 0.6 is 0 Å². The Labute approximate surface area is 138 Å². The van der Waals surface area contributed by atoms with Crippen LogP contribution in [0.25, 0.3) is 0 Å². The molecule has 2 rings (SSSR count). The summed E-state index contributed by atoms with van der Waals surface area (Å²) in [5.41, 5.74) is -0.331. The summed E-state index contributed by atoms with van der Waals surface area (Å²) in [6.45, 7) is 2.07. The molecule has 1 aromatic carbocycles. The molecule has 2 unspecified atom stereocenters. The molecule has 1 aliphatic rings. The van der Waals surface area contributed by atoms with E-state index in [9.17, 15) is 18.0 Å². The summed E-state index contributed by atoms with van der Waals surface area (Å²) >= 11 is 0. The first-order valence-corrected chi connectivity index (χ1v) is 7.91. The molecule has 4 nitrogen and oxygen atoms in total. The van der Waals surface area contributed by atoms with E-state index in [4.69, 9.17) is 14.2 Å². The molecule has 0 radical (unpaired) electrons. The Balaban J connectivity index is 2.02. The van der Waals surface area contributed by atoms with Gasteiger partial charge in [0.1, 0.15) is 5.75 Å². The Kier molecular flexibility index (Phi) is 6.10. The molecular formula is C17H21F3O4. The summed E-state index contributed by atoms with van der Waals surface area (Å²) in [5.74, 6) is -0.489. The first kappa shape index (κ1) is 18.6. The largest absolute Gasteiger partial charge is 0.496 e. The number of hydrogen-bond acceptors (Lipinski definition) is 4. The first-order valence-electron chi connectivity index (χ1n) is 7.91. The average molecular weight is 346 g/mol. The molecule has 1 fully saturated rings. The van der Waals surface area contributed by atoms with Gasteiger partial charge in [0.05, 0.1) is 31.5 Å². The molecule has 1 saturated heterocycles. The molecule has 1 heterocycles. The Morgan fingerprint density at radius 2 is 2.08 bits per heavy atom. The van der Waals surface area contributed by atoms with Gasteiger partial charge in [-0.1, -0.05) is 6.07 Å². The minimum Gasteiger partial charge on any atom is -0.496 e. The Morgan fingerprint density at radius 1 is 1.33 bits per heavy atom. The van der Waals surface area contributed by atoms with Crippen molar-refractivity contribution in [3.05, 3.63) is 29.3 Å². The van der Waals surface area contributed by atoms with Gasteiger partial charge in [-0.3, -0.25) is 4.79 Å². The SMILES string of the molecule is CCOC(=O)CCC1CCC(c2ccc(OC)c(C(F)(F)F)c2)O1. The molecule has 24 heavy (non-hydrogen) atoms. The van der Waals surface area contributed by atoms with Gasteiger partial charge in [-0.2, -0.15) is 13.2 Å². The third-order valence-corrected chi connectivity index (χ3v) is 3.98. The highest BCUT2D eigenvalue weighted by atomic mass is 19.4. The number of methoxy groups -OCH3 is 1. The second-order valence-corrected chi connectivity index (χ2v) is 5.63. The van der Waals surface area contributed by atoms with Crippen molar-refractivity contribution in [2.24, 2.45) is 0 Å². The quantitative estimate of drug-likeness (QED) is 0.721. The maximum absolute atomic E-state index is 13.1. The highest BCUT2D eigenvalue weighted by molar-refractivity contribution is 5.69. The Bertz CT molecular complexity index is 571. The molecule has 134 valence electrons. The Hall–Kier alpha value is -1.76. The molecule has 0 amide bonds. The van der Waals surface area contributed by atoms with Gasteiger partial charge >= 0.3 is 12.1 Å². The average Bonchev–Trinajstić information content (AvgIpc) is 3.01. The molecule has 0 aliphatic carbocycles. The lowest BCUT2D eigenvalue weighted by Gasteiger charge is -2.17. The van der Waals surface area contributed by atoms with Gasteiger partial charge < -0.3 is 14.2 Å². The lowest BCUT2D eigenvalue weighted by molar-refractivity contribution is -0.144. The number of halogens is 3. The van der Waals surface area contributed by atoms with Crippen LogP contribution in [-0.2, 0) is 20.4 Å². The zero-order valence-corrected chi connectivity index (χ0v) is 13.7. The van der Waals surface area contributed by atoms with Crippen LogP contribution in [0.2, 0.25) is 0 Å². The van der Waals surface area contributed by atoms with Crippen LogP contribution in [0, 0.1) is 0 Å². The van der Waals surface area contributed by atoms with Crippen molar-refractivity contribution in [1.82, 2.24) is 0 Å². The van der Waals surface area contributed by atoms with Crippen LogP contribution < -0.4 is 4.74 Å².